The summed E-state index contributed by atoms with van der Waals surface area (Å²) in [4.78, 5) is 11.7. The largest absolute Gasteiger partial charge is 0.489 e. The molecule has 1 aliphatic rings. The molecule has 0 spiro atoms. The Morgan fingerprint density at radius 2 is 1.93 bits per heavy atom. The summed E-state index contributed by atoms with van der Waals surface area (Å²) in [6, 6.07) is 11.5. The van der Waals surface area contributed by atoms with Crippen LogP contribution in [-0.2, 0) is 6.42 Å². The first-order valence-electron chi connectivity index (χ1n) is 5.04. The predicted molar refractivity (Wildman–Crippen MR) is 59.4 cm³/mol. The first-order chi connectivity index (χ1) is 7.36. The monoisotopic (exact) mass is 198 g/mol. The lowest BCUT2D eigenvalue weighted by atomic mass is 10.1. The molecule has 0 N–H and O–H groups in total. The third kappa shape index (κ3) is 1.22. The van der Waals surface area contributed by atoms with E-state index in [-0.39, 0.29) is 5.43 Å². The number of benzene rings is 1. The third-order valence-corrected chi connectivity index (χ3v) is 2.80. The molecule has 0 aromatic heterocycles. The van der Waals surface area contributed by atoms with Gasteiger partial charge in [-0.1, -0.05) is 30.3 Å². The Morgan fingerprint density at radius 1 is 1.07 bits per heavy atom. The van der Waals surface area contributed by atoms with Crippen LogP contribution in [0.3, 0.4) is 0 Å². The summed E-state index contributed by atoms with van der Waals surface area (Å²) in [5.74, 6) is 0.538. The van der Waals surface area contributed by atoms with Gasteiger partial charge in [0.2, 0.25) is 5.43 Å². The summed E-state index contributed by atoms with van der Waals surface area (Å²) in [6.07, 6.45) is 0.833. The summed E-state index contributed by atoms with van der Waals surface area (Å²) in [6.45, 7) is 0.624. The molecule has 2 aromatic carbocycles. The molecule has 1 heterocycles. The van der Waals surface area contributed by atoms with Gasteiger partial charge in [-0.3, -0.25) is 4.79 Å². The molecule has 3 rings (SSSR count). The van der Waals surface area contributed by atoms with Crippen molar-refractivity contribution in [3.05, 3.63) is 52.2 Å². The van der Waals surface area contributed by atoms with E-state index in [1.54, 1.807) is 6.07 Å². The lowest BCUT2D eigenvalue weighted by Crippen LogP contribution is -1.99. The maximum atomic E-state index is 11.7. The SMILES string of the molecule is O=c1ccc2ccccc2c2c1OCC2. The molecule has 0 unspecified atom stereocenters. The molecule has 0 fully saturated rings. The normalized spacial score (nSPS) is 13.6. The molecule has 2 nitrogen and oxygen atoms in total. The van der Waals surface area contributed by atoms with Crippen LogP contribution in [0, 0.1) is 0 Å². The molecule has 0 atom stereocenters. The average Bonchev–Trinajstić information content (AvgIpc) is 2.71. The van der Waals surface area contributed by atoms with Crippen molar-refractivity contribution in [2.24, 2.45) is 0 Å². The van der Waals surface area contributed by atoms with Crippen LogP contribution < -0.4 is 10.2 Å². The molecule has 0 bridgehead atoms. The highest BCUT2D eigenvalue weighted by Crippen LogP contribution is 2.27. The number of hydrogen-bond acceptors (Lipinski definition) is 2. The minimum absolute atomic E-state index is 0.0151. The van der Waals surface area contributed by atoms with Gasteiger partial charge >= 0.3 is 0 Å². The second-order valence-electron chi connectivity index (χ2n) is 3.69. The maximum Gasteiger partial charge on any atom is 0.220 e. The molecule has 0 amide bonds. The Bertz CT molecular complexity index is 587. The summed E-state index contributed by atoms with van der Waals surface area (Å²) in [5.41, 5.74) is 1.04. The smallest absolute Gasteiger partial charge is 0.220 e. The van der Waals surface area contributed by atoms with Crippen molar-refractivity contribution in [3.63, 3.8) is 0 Å². The van der Waals surface area contributed by atoms with Crippen LogP contribution >= 0.6 is 0 Å². The molecule has 1 aliphatic heterocycles. The van der Waals surface area contributed by atoms with Crippen LogP contribution in [0.5, 0.6) is 5.75 Å². The van der Waals surface area contributed by atoms with E-state index in [1.807, 2.05) is 30.3 Å². The fourth-order valence-corrected chi connectivity index (χ4v) is 2.09. The topological polar surface area (TPSA) is 26.3 Å². The zero-order valence-corrected chi connectivity index (χ0v) is 8.19. The van der Waals surface area contributed by atoms with E-state index >= 15 is 0 Å². The molecule has 2 heteroatoms. The van der Waals surface area contributed by atoms with Crippen molar-refractivity contribution < 1.29 is 4.74 Å². The van der Waals surface area contributed by atoms with Crippen LogP contribution in [0.2, 0.25) is 0 Å². The fraction of sp³-hybridized carbons (Fsp3) is 0.154. The summed E-state index contributed by atoms with van der Waals surface area (Å²) < 4.78 is 5.38. The van der Waals surface area contributed by atoms with E-state index in [4.69, 9.17) is 4.74 Å². The molecule has 15 heavy (non-hydrogen) atoms. The van der Waals surface area contributed by atoms with Gasteiger partial charge in [-0.15, -0.1) is 0 Å². The first-order valence-corrected chi connectivity index (χ1v) is 5.04. The van der Waals surface area contributed by atoms with Gasteiger partial charge < -0.3 is 4.74 Å². The molecular weight excluding hydrogens is 188 g/mol. The Morgan fingerprint density at radius 3 is 2.87 bits per heavy atom. The van der Waals surface area contributed by atoms with E-state index in [1.165, 1.54) is 0 Å². The van der Waals surface area contributed by atoms with Crippen molar-refractivity contribution >= 4 is 10.8 Å². The number of fused-ring (bicyclic) bond motifs is 3. The van der Waals surface area contributed by atoms with Crippen molar-refractivity contribution in [2.45, 2.75) is 6.42 Å². The van der Waals surface area contributed by atoms with Crippen molar-refractivity contribution in [2.75, 3.05) is 6.61 Å². The van der Waals surface area contributed by atoms with Crippen molar-refractivity contribution in [3.8, 4) is 5.75 Å². The van der Waals surface area contributed by atoms with Gasteiger partial charge in [0.05, 0.1) is 6.61 Å². The average molecular weight is 198 g/mol. The van der Waals surface area contributed by atoms with E-state index in [0.717, 1.165) is 22.8 Å². The van der Waals surface area contributed by atoms with Crippen LogP contribution in [0.1, 0.15) is 5.56 Å². The van der Waals surface area contributed by atoms with E-state index in [0.29, 0.717) is 12.4 Å². The number of hydrogen-bond donors (Lipinski definition) is 0. The summed E-state index contributed by atoms with van der Waals surface area (Å²) in [7, 11) is 0. The predicted octanol–water partition coefficient (Wildman–Crippen LogP) is 2.13. The second kappa shape index (κ2) is 3.09. The third-order valence-electron chi connectivity index (χ3n) is 2.80. The minimum Gasteiger partial charge on any atom is -0.489 e. The van der Waals surface area contributed by atoms with Gasteiger partial charge in [-0.05, 0) is 16.8 Å². The molecular formula is C13H10O2. The van der Waals surface area contributed by atoms with Gasteiger partial charge in [0.1, 0.15) is 0 Å². The maximum absolute atomic E-state index is 11.7. The van der Waals surface area contributed by atoms with Gasteiger partial charge in [0.25, 0.3) is 0 Å². The van der Waals surface area contributed by atoms with Gasteiger partial charge in [-0.25, -0.2) is 0 Å². The van der Waals surface area contributed by atoms with Crippen LogP contribution in [0.25, 0.3) is 10.8 Å². The highest BCUT2D eigenvalue weighted by molar-refractivity contribution is 5.86. The Balaban J connectivity index is 2.56. The minimum atomic E-state index is -0.0151. The molecule has 0 saturated heterocycles. The van der Waals surface area contributed by atoms with Gasteiger partial charge in [-0.2, -0.15) is 0 Å². The number of ether oxygens (including phenoxy) is 1. The lowest BCUT2D eigenvalue weighted by Gasteiger charge is -1.95. The highest BCUT2D eigenvalue weighted by Gasteiger charge is 2.16. The molecule has 2 aromatic rings. The Kier molecular flexibility index (Phi) is 1.75. The quantitative estimate of drug-likeness (QED) is 0.648. The summed E-state index contributed by atoms with van der Waals surface area (Å²) in [5, 5.41) is 2.23. The van der Waals surface area contributed by atoms with Crippen LogP contribution in [-0.4, -0.2) is 6.61 Å². The Hall–Kier alpha value is -1.83. The standard InChI is InChI=1S/C13H10O2/c14-12-6-5-9-3-1-2-4-10(9)11-7-8-15-13(11)12/h1-6H,7-8H2. The summed E-state index contributed by atoms with van der Waals surface area (Å²) >= 11 is 0. The van der Waals surface area contributed by atoms with Crippen LogP contribution in [0.4, 0.5) is 0 Å². The zero-order valence-electron chi connectivity index (χ0n) is 8.19. The molecule has 0 radical (unpaired) electrons. The van der Waals surface area contributed by atoms with Gasteiger partial charge in [0.15, 0.2) is 5.75 Å². The van der Waals surface area contributed by atoms with E-state index in [9.17, 15) is 4.79 Å². The molecule has 0 saturated carbocycles. The number of rotatable bonds is 0. The first kappa shape index (κ1) is 8.48. The second-order valence-corrected chi connectivity index (χ2v) is 3.69. The van der Waals surface area contributed by atoms with Crippen molar-refractivity contribution in [1.29, 1.82) is 0 Å². The van der Waals surface area contributed by atoms with E-state index < -0.39 is 0 Å². The fourth-order valence-electron chi connectivity index (χ4n) is 2.09. The Labute approximate surface area is 87.1 Å². The van der Waals surface area contributed by atoms with Crippen LogP contribution in [0.15, 0.2) is 41.2 Å². The molecule has 0 aliphatic carbocycles. The molecule has 74 valence electrons. The zero-order chi connectivity index (χ0) is 10.3. The van der Waals surface area contributed by atoms with E-state index in [2.05, 4.69) is 0 Å². The highest BCUT2D eigenvalue weighted by atomic mass is 16.5. The lowest BCUT2D eigenvalue weighted by molar-refractivity contribution is 0.354. The van der Waals surface area contributed by atoms with Crippen molar-refractivity contribution in [1.82, 2.24) is 0 Å². The van der Waals surface area contributed by atoms with Gasteiger partial charge in [0, 0.05) is 12.0 Å².